The van der Waals surface area contributed by atoms with Gasteiger partial charge >= 0.3 is 0 Å². The first-order valence-corrected chi connectivity index (χ1v) is 9.46. The standard InChI is InChI=1S/C20H23N7O/c1-5-25(6-2)17(28)12-26-16-10-8-7-9-15(16)18-19(26)21-20(23-22-18)27-14(4)11-13(3)24-27/h7-11H,5-6,12H2,1-4H3. The van der Waals surface area contributed by atoms with Crippen LogP contribution in [0, 0.1) is 13.8 Å². The minimum absolute atomic E-state index is 0.0546. The second-order valence-corrected chi connectivity index (χ2v) is 6.79. The monoisotopic (exact) mass is 377 g/mol. The lowest BCUT2D eigenvalue weighted by Gasteiger charge is -2.19. The number of hydrogen-bond donors (Lipinski definition) is 0. The molecule has 28 heavy (non-hydrogen) atoms. The van der Waals surface area contributed by atoms with Crippen LogP contribution >= 0.6 is 0 Å². The quantitative estimate of drug-likeness (QED) is 0.534. The molecule has 4 rings (SSSR count). The molecular formula is C20H23N7O. The minimum atomic E-state index is 0.0546. The van der Waals surface area contributed by atoms with Gasteiger partial charge in [0.2, 0.25) is 5.91 Å². The fraction of sp³-hybridized carbons (Fsp3) is 0.350. The number of carbonyl (C=O) groups excluding carboxylic acids is 1. The first kappa shape index (κ1) is 18.1. The van der Waals surface area contributed by atoms with Crippen molar-refractivity contribution < 1.29 is 4.79 Å². The molecule has 0 bridgehead atoms. The average molecular weight is 377 g/mol. The number of nitrogens with zero attached hydrogens (tertiary/aromatic N) is 7. The average Bonchev–Trinajstić information content (AvgIpc) is 3.19. The summed E-state index contributed by atoms with van der Waals surface area (Å²) in [5, 5.41) is 14.1. The highest BCUT2D eigenvalue weighted by Gasteiger charge is 2.19. The van der Waals surface area contributed by atoms with Crippen molar-refractivity contribution in [2.75, 3.05) is 13.1 Å². The maximum absolute atomic E-state index is 12.8. The number of benzene rings is 1. The van der Waals surface area contributed by atoms with Gasteiger partial charge in [0.05, 0.1) is 11.2 Å². The molecule has 144 valence electrons. The normalized spacial score (nSPS) is 11.4. The van der Waals surface area contributed by atoms with E-state index in [4.69, 9.17) is 4.98 Å². The van der Waals surface area contributed by atoms with Crippen LogP contribution in [-0.4, -0.2) is 53.4 Å². The van der Waals surface area contributed by atoms with Crippen molar-refractivity contribution in [1.82, 2.24) is 34.4 Å². The summed E-state index contributed by atoms with van der Waals surface area (Å²) in [6, 6.07) is 9.84. The van der Waals surface area contributed by atoms with Crippen LogP contribution in [0.1, 0.15) is 25.2 Å². The predicted molar refractivity (Wildman–Crippen MR) is 107 cm³/mol. The molecule has 0 unspecified atom stereocenters. The van der Waals surface area contributed by atoms with E-state index >= 15 is 0 Å². The number of rotatable bonds is 5. The van der Waals surface area contributed by atoms with Crippen molar-refractivity contribution in [1.29, 1.82) is 0 Å². The molecule has 0 aliphatic carbocycles. The highest BCUT2D eigenvalue weighted by atomic mass is 16.2. The molecule has 0 N–H and O–H groups in total. The molecule has 0 spiro atoms. The smallest absolute Gasteiger partial charge is 0.272 e. The largest absolute Gasteiger partial charge is 0.342 e. The van der Waals surface area contributed by atoms with Gasteiger partial charge in [-0.3, -0.25) is 4.79 Å². The van der Waals surface area contributed by atoms with Crippen molar-refractivity contribution in [3.8, 4) is 5.95 Å². The molecule has 0 radical (unpaired) electrons. The minimum Gasteiger partial charge on any atom is -0.342 e. The van der Waals surface area contributed by atoms with Crippen molar-refractivity contribution >= 4 is 28.0 Å². The van der Waals surface area contributed by atoms with Gasteiger partial charge in [-0.15, -0.1) is 10.2 Å². The summed E-state index contributed by atoms with van der Waals surface area (Å²) in [6.07, 6.45) is 0. The van der Waals surface area contributed by atoms with E-state index in [1.807, 2.05) is 67.5 Å². The van der Waals surface area contributed by atoms with Gasteiger partial charge in [0, 0.05) is 24.2 Å². The Morgan fingerprint density at radius 3 is 2.54 bits per heavy atom. The van der Waals surface area contributed by atoms with Crippen LogP contribution in [0.15, 0.2) is 30.3 Å². The third-order valence-electron chi connectivity index (χ3n) is 4.97. The Morgan fingerprint density at radius 2 is 1.86 bits per heavy atom. The van der Waals surface area contributed by atoms with E-state index in [0.29, 0.717) is 30.2 Å². The van der Waals surface area contributed by atoms with Crippen LogP contribution in [0.4, 0.5) is 0 Å². The Morgan fingerprint density at radius 1 is 1.11 bits per heavy atom. The number of carbonyl (C=O) groups is 1. The molecule has 0 atom stereocenters. The van der Waals surface area contributed by atoms with Crippen molar-refractivity contribution in [3.63, 3.8) is 0 Å². The lowest BCUT2D eigenvalue weighted by molar-refractivity contribution is -0.131. The Balaban J connectivity index is 1.91. The summed E-state index contributed by atoms with van der Waals surface area (Å²) in [5.74, 6) is 0.455. The van der Waals surface area contributed by atoms with E-state index in [1.165, 1.54) is 0 Å². The van der Waals surface area contributed by atoms with Crippen LogP contribution in [0.3, 0.4) is 0 Å². The fourth-order valence-electron chi connectivity index (χ4n) is 3.59. The van der Waals surface area contributed by atoms with Gasteiger partial charge in [0.15, 0.2) is 5.65 Å². The zero-order valence-electron chi connectivity index (χ0n) is 16.5. The Labute approximate surface area is 162 Å². The molecule has 3 heterocycles. The molecular weight excluding hydrogens is 354 g/mol. The molecule has 0 fully saturated rings. The van der Waals surface area contributed by atoms with Crippen molar-refractivity contribution in [3.05, 3.63) is 41.7 Å². The first-order valence-electron chi connectivity index (χ1n) is 9.46. The molecule has 8 heteroatoms. The van der Waals surface area contributed by atoms with E-state index in [1.54, 1.807) is 4.68 Å². The summed E-state index contributed by atoms with van der Waals surface area (Å²) in [7, 11) is 0. The summed E-state index contributed by atoms with van der Waals surface area (Å²) in [4.78, 5) is 19.4. The van der Waals surface area contributed by atoms with Gasteiger partial charge in [0.25, 0.3) is 5.95 Å². The zero-order valence-corrected chi connectivity index (χ0v) is 16.5. The number of amides is 1. The molecule has 0 aliphatic rings. The van der Waals surface area contributed by atoms with Gasteiger partial charge < -0.3 is 9.47 Å². The summed E-state index contributed by atoms with van der Waals surface area (Å²) >= 11 is 0. The Bertz CT molecular complexity index is 1170. The maximum Gasteiger partial charge on any atom is 0.272 e. The van der Waals surface area contributed by atoms with E-state index in [0.717, 1.165) is 22.3 Å². The van der Waals surface area contributed by atoms with Crippen molar-refractivity contribution in [2.45, 2.75) is 34.2 Å². The van der Waals surface area contributed by atoms with E-state index < -0.39 is 0 Å². The van der Waals surface area contributed by atoms with E-state index in [-0.39, 0.29) is 12.5 Å². The topological polar surface area (TPSA) is 81.7 Å². The zero-order chi connectivity index (χ0) is 19.8. The van der Waals surface area contributed by atoms with Crippen molar-refractivity contribution in [2.24, 2.45) is 0 Å². The lowest BCUT2D eigenvalue weighted by atomic mass is 10.2. The fourth-order valence-corrected chi connectivity index (χ4v) is 3.59. The van der Waals surface area contributed by atoms with E-state index in [9.17, 15) is 4.79 Å². The third-order valence-corrected chi connectivity index (χ3v) is 4.97. The van der Waals surface area contributed by atoms with Crippen LogP contribution < -0.4 is 0 Å². The van der Waals surface area contributed by atoms with Gasteiger partial charge in [-0.25, -0.2) is 4.68 Å². The maximum atomic E-state index is 12.8. The van der Waals surface area contributed by atoms with Gasteiger partial charge in [-0.05, 0) is 39.8 Å². The number of likely N-dealkylation sites (N-methyl/N-ethyl adjacent to an activating group) is 1. The first-order chi connectivity index (χ1) is 13.5. The number of fused-ring (bicyclic) bond motifs is 3. The second-order valence-electron chi connectivity index (χ2n) is 6.79. The Kier molecular flexibility index (Phi) is 4.54. The Hall–Kier alpha value is -3.29. The molecule has 8 nitrogen and oxygen atoms in total. The molecule has 1 amide bonds. The summed E-state index contributed by atoms with van der Waals surface area (Å²) in [6.45, 7) is 9.41. The van der Waals surface area contributed by atoms with Gasteiger partial charge in [-0.1, -0.05) is 18.2 Å². The summed E-state index contributed by atoms with van der Waals surface area (Å²) < 4.78 is 3.60. The number of aryl methyl sites for hydroxylation is 2. The summed E-state index contributed by atoms with van der Waals surface area (Å²) in [5.41, 5.74) is 4.07. The molecule has 3 aromatic heterocycles. The number of hydrogen-bond acceptors (Lipinski definition) is 5. The predicted octanol–water partition coefficient (Wildman–Crippen LogP) is 2.65. The lowest BCUT2D eigenvalue weighted by Crippen LogP contribution is -2.33. The van der Waals surface area contributed by atoms with Gasteiger partial charge in [-0.2, -0.15) is 10.1 Å². The van der Waals surface area contributed by atoms with E-state index in [2.05, 4.69) is 15.3 Å². The van der Waals surface area contributed by atoms with Crippen LogP contribution in [0.25, 0.3) is 28.0 Å². The van der Waals surface area contributed by atoms with Crippen LogP contribution in [0.2, 0.25) is 0 Å². The highest BCUT2D eigenvalue weighted by Crippen LogP contribution is 2.26. The molecule has 1 aromatic carbocycles. The third kappa shape index (κ3) is 2.90. The van der Waals surface area contributed by atoms with Crippen LogP contribution in [0.5, 0.6) is 0 Å². The van der Waals surface area contributed by atoms with Crippen LogP contribution in [-0.2, 0) is 11.3 Å². The number of para-hydroxylation sites is 1. The molecule has 0 aliphatic heterocycles. The molecule has 0 saturated heterocycles. The molecule has 0 saturated carbocycles. The van der Waals surface area contributed by atoms with Gasteiger partial charge in [0.1, 0.15) is 12.1 Å². The SMILES string of the molecule is CCN(CC)C(=O)Cn1c2ccccc2c2nnc(-n3nc(C)cc3C)nc21. The second kappa shape index (κ2) is 7.03. The highest BCUT2D eigenvalue weighted by molar-refractivity contribution is 6.04. The molecule has 4 aromatic rings. The number of aromatic nitrogens is 6.